The minimum Gasteiger partial charge on any atom is -0.421 e. The van der Waals surface area contributed by atoms with Crippen molar-refractivity contribution in [2.75, 3.05) is 18.8 Å². The summed E-state index contributed by atoms with van der Waals surface area (Å²) < 4.78 is 32.0. The second-order valence-electron chi connectivity index (χ2n) is 5.80. The van der Waals surface area contributed by atoms with Crippen molar-refractivity contribution >= 4 is 26.7 Å². The summed E-state index contributed by atoms with van der Waals surface area (Å²) in [5.74, 6) is 0.359. The molecule has 0 radical (unpaired) electrons. The van der Waals surface area contributed by atoms with Gasteiger partial charge in [0, 0.05) is 18.5 Å². The molecule has 1 unspecified atom stereocenters. The van der Waals surface area contributed by atoms with Crippen LogP contribution in [0.1, 0.15) is 19.8 Å². The van der Waals surface area contributed by atoms with E-state index in [4.69, 9.17) is 10.2 Å². The van der Waals surface area contributed by atoms with Gasteiger partial charge in [-0.15, -0.1) is 0 Å². The number of nitrogen functional groups attached to an aromatic ring is 1. The molecule has 3 rings (SSSR count). The summed E-state index contributed by atoms with van der Waals surface area (Å²) in [6, 6.07) is 5.91. The number of hydrogen-bond acceptors (Lipinski definition) is 5. The van der Waals surface area contributed by atoms with E-state index in [1.807, 2.05) is 0 Å². The van der Waals surface area contributed by atoms with Crippen LogP contribution in [0.4, 0.5) is 5.69 Å². The molecule has 2 aromatic rings. The summed E-state index contributed by atoms with van der Waals surface area (Å²) in [5, 5.41) is 0.503. The van der Waals surface area contributed by atoms with Crippen molar-refractivity contribution in [2.45, 2.75) is 24.7 Å². The zero-order chi connectivity index (χ0) is 15.9. The molecular weight excluding hydrogens is 304 g/mol. The molecule has 1 aromatic heterocycles. The van der Waals surface area contributed by atoms with Gasteiger partial charge in [0.2, 0.25) is 10.0 Å². The molecule has 1 aliphatic heterocycles. The molecule has 1 aromatic carbocycles. The van der Waals surface area contributed by atoms with Crippen molar-refractivity contribution in [3.8, 4) is 0 Å². The van der Waals surface area contributed by atoms with Crippen LogP contribution in [0.25, 0.3) is 11.0 Å². The van der Waals surface area contributed by atoms with Crippen molar-refractivity contribution < 1.29 is 12.8 Å². The van der Waals surface area contributed by atoms with E-state index in [2.05, 4.69) is 6.92 Å². The minimum absolute atomic E-state index is 0.0337. The van der Waals surface area contributed by atoms with Gasteiger partial charge >= 0.3 is 5.63 Å². The van der Waals surface area contributed by atoms with Crippen molar-refractivity contribution in [1.29, 1.82) is 0 Å². The van der Waals surface area contributed by atoms with Gasteiger partial charge in [-0.3, -0.25) is 0 Å². The van der Waals surface area contributed by atoms with Crippen LogP contribution in [0.5, 0.6) is 0 Å². The maximum Gasteiger partial charge on any atom is 0.359 e. The molecule has 0 spiro atoms. The Morgan fingerprint density at radius 1 is 1.32 bits per heavy atom. The molecule has 0 aliphatic carbocycles. The van der Waals surface area contributed by atoms with Crippen molar-refractivity contribution in [3.63, 3.8) is 0 Å². The Hall–Kier alpha value is -1.86. The fourth-order valence-corrected chi connectivity index (χ4v) is 4.43. The highest BCUT2D eigenvalue weighted by atomic mass is 32.2. The summed E-state index contributed by atoms with van der Waals surface area (Å²) in [5.41, 5.74) is 5.21. The van der Waals surface area contributed by atoms with Gasteiger partial charge in [-0.2, -0.15) is 4.31 Å². The van der Waals surface area contributed by atoms with Gasteiger partial charge in [0.05, 0.1) is 4.90 Å². The van der Waals surface area contributed by atoms with Gasteiger partial charge in [-0.05, 0) is 43.0 Å². The number of sulfonamides is 1. The molecule has 7 heteroatoms. The SMILES string of the molecule is CC1CCCN(S(=O)(=O)c2ccc3oc(=O)c(N)cc3c2)C1. The molecule has 0 bridgehead atoms. The first kappa shape index (κ1) is 15.1. The van der Waals surface area contributed by atoms with Crippen LogP contribution < -0.4 is 11.4 Å². The van der Waals surface area contributed by atoms with E-state index in [0.29, 0.717) is 30.0 Å². The lowest BCUT2D eigenvalue weighted by atomic mass is 10.0. The van der Waals surface area contributed by atoms with Gasteiger partial charge in [0.1, 0.15) is 11.3 Å². The summed E-state index contributed by atoms with van der Waals surface area (Å²) in [4.78, 5) is 11.6. The Labute approximate surface area is 128 Å². The Balaban J connectivity index is 2.05. The number of rotatable bonds is 2. The fraction of sp³-hybridized carbons (Fsp3) is 0.400. The molecule has 6 nitrogen and oxygen atoms in total. The lowest BCUT2D eigenvalue weighted by Gasteiger charge is -2.30. The van der Waals surface area contributed by atoms with E-state index in [9.17, 15) is 13.2 Å². The molecule has 0 amide bonds. The lowest BCUT2D eigenvalue weighted by molar-refractivity contribution is 0.281. The van der Waals surface area contributed by atoms with E-state index in [1.165, 1.54) is 28.6 Å². The smallest absolute Gasteiger partial charge is 0.359 e. The summed E-state index contributed by atoms with van der Waals surface area (Å²) in [6.07, 6.45) is 1.92. The third-order valence-electron chi connectivity index (χ3n) is 3.99. The Morgan fingerprint density at radius 3 is 2.82 bits per heavy atom. The molecule has 2 N–H and O–H groups in total. The first-order valence-corrected chi connectivity index (χ1v) is 8.65. The summed E-state index contributed by atoms with van der Waals surface area (Å²) in [7, 11) is -3.54. The Kier molecular flexibility index (Phi) is 3.70. The van der Waals surface area contributed by atoms with Crippen molar-refractivity contribution in [2.24, 2.45) is 5.92 Å². The Bertz CT molecular complexity index is 873. The summed E-state index contributed by atoms with van der Waals surface area (Å²) in [6.45, 7) is 3.13. The summed E-state index contributed by atoms with van der Waals surface area (Å²) >= 11 is 0. The first-order valence-electron chi connectivity index (χ1n) is 7.21. The number of fused-ring (bicyclic) bond motifs is 1. The number of hydrogen-bond donors (Lipinski definition) is 1. The highest BCUT2D eigenvalue weighted by molar-refractivity contribution is 7.89. The van der Waals surface area contributed by atoms with Crippen LogP contribution in [0.2, 0.25) is 0 Å². The molecule has 1 atom stereocenters. The van der Waals surface area contributed by atoms with Crippen LogP contribution in [0, 0.1) is 5.92 Å². The van der Waals surface area contributed by atoms with E-state index >= 15 is 0 Å². The van der Waals surface area contributed by atoms with Crippen LogP contribution in [0.3, 0.4) is 0 Å². The van der Waals surface area contributed by atoms with Crippen molar-refractivity contribution in [3.05, 3.63) is 34.7 Å². The minimum atomic E-state index is -3.54. The second-order valence-corrected chi connectivity index (χ2v) is 7.74. The molecule has 1 saturated heterocycles. The zero-order valence-electron chi connectivity index (χ0n) is 12.3. The monoisotopic (exact) mass is 322 g/mol. The fourth-order valence-electron chi connectivity index (χ4n) is 2.79. The zero-order valence-corrected chi connectivity index (χ0v) is 13.1. The van der Waals surface area contributed by atoms with E-state index < -0.39 is 15.6 Å². The predicted molar refractivity (Wildman–Crippen MR) is 84.1 cm³/mol. The Morgan fingerprint density at radius 2 is 2.09 bits per heavy atom. The van der Waals surface area contributed by atoms with Crippen LogP contribution in [-0.2, 0) is 10.0 Å². The maximum atomic E-state index is 12.7. The molecular formula is C15H18N2O4S. The number of benzene rings is 1. The predicted octanol–water partition coefficient (Wildman–Crippen LogP) is 1.80. The highest BCUT2D eigenvalue weighted by Gasteiger charge is 2.28. The second kappa shape index (κ2) is 5.40. The normalized spacial score (nSPS) is 20.3. The van der Waals surface area contributed by atoms with E-state index in [-0.39, 0.29) is 10.6 Å². The standard InChI is InChI=1S/C15H18N2O4S/c1-10-3-2-6-17(9-10)22(19,20)12-4-5-14-11(7-12)8-13(16)15(18)21-14/h4-5,7-8,10H,2-3,6,9,16H2,1H3. The number of piperidine rings is 1. The molecule has 1 fully saturated rings. The molecule has 2 heterocycles. The third kappa shape index (κ3) is 2.62. The number of anilines is 1. The number of nitrogens with zero attached hydrogens (tertiary/aromatic N) is 1. The molecule has 118 valence electrons. The van der Waals surface area contributed by atoms with Gasteiger partial charge < -0.3 is 10.2 Å². The van der Waals surface area contributed by atoms with Gasteiger partial charge in [0.15, 0.2) is 0 Å². The molecule has 22 heavy (non-hydrogen) atoms. The van der Waals surface area contributed by atoms with Crippen molar-refractivity contribution in [1.82, 2.24) is 4.31 Å². The average molecular weight is 322 g/mol. The maximum absolute atomic E-state index is 12.7. The van der Waals surface area contributed by atoms with E-state index in [0.717, 1.165) is 12.8 Å². The van der Waals surface area contributed by atoms with Crippen LogP contribution >= 0.6 is 0 Å². The number of nitrogens with two attached hydrogens (primary N) is 1. The molecule has 0 saturated carbocycles. The largest absolute Gasteiger partial charge is 0.421 e. The first-order chi connectivity index (χ1) is 10.4. The lowest BCUT2D eigenvalue weighted by Crippen LogP contribution is -2.39. The van der Waals surface area contributed by atoms with Crippen LogP contribution in [0.15, 0.2) is 38.4 Å². The van der Waals surface area contributed by atoms with Crippen LogP contribution in [-0.4, -0.2) is 25.8 Å². The molecule has 1 aliphatic rings. The third-order valence-corrected chi connectivity index (χ3v) is 5.85. The van der Waals surface area contributed by atoms with Gasteiger partial charge in [-0.25, -0.2) is 13.2 Å². The van der Waals surface area contributed by atoms with E-state index in [1.54, 1.807) is 0 Å². The topological polar surface area (TPSA) is 93.6 Å². The van der Waals surface area contributed by atoms with Gasteiger partial charge in [0.25, 0.3) is 0 Å². The quantitative estimate of drug-likeness (QED) is 0.851. The van der Waals surface area contributed by atoms with Gasteiger partial charge in [-0.1, -0.05) is 6.92 Å². The highest BCUT2D eigenvalue weighted by Crippen LogP contribution is 2.26. The average Bonchev–Trinajstić information content (AvgIpc) is 2.48.